The lowest BCUT2D eigenvalue weighted by atomic mass is 10.1. The van der Waals surface area contributed by atoms with Gasteiger partial charge >= 0.3 is 5.97 Å². The van der Waals surface area contributed by atoms with Crippen LogP contribution in [0.3, 0.4) is 0 Å². The number of esters is 1. The van der Waals surface area contributed by atoms with E-state index in [1.165, 1.54) is 6.07 Å². The standard InChI is InChI=1S/C23H13BrO6/c24-15-4-1-13(2-5-15)9-21-22(25)17-7-6-16(11-19(17)30-21)29-23(26)14-3-8-18-20(10-14)28-12-27-18/h1-11H,12H2/b21-9-. The van der Waals surface area contributed by atoms with Gasteiger partial charge in [0.2, 0.25) is 12.6 Å². The molecule has 6 nitrogen and oxygen atoms in total. The van der Waals surface area contributed by atoms with Crippen LogP contribution in [0.1, 0.15) is 26.3 Å². The Morgan fingerprint density at radius 1 is 0.933 bits per heavy atom. The lowest BCUT2D eigenvalue weighted by Crippen LogP contribution is -2.08. The molecule has 0 amide bonds. The summed E-state index contributed by atoms with van der Waals surface area (Å²) in [5.41, 5.74) is 1.58. The van der Waals surface area contributed by atoms with Crippen LogP contribution in [0.5, 0.6) is 23.0 Å². The first-order chi connectivity index (χ1) is 14.6. The van der Waals surface area contributed by atoms with Crippen molar-refractivity contribution in [3.63, 3.8) is 0 Å². The highest BCUT2D eigenvalue weighted by Gasteiger charge is 2.28. The summed E-state index contributed by atoms with van der Waals surface area (Å²) in [7, 11) is 0. The zero-order valence-corrected chi connectivity index (χ0v) is 17.0. The lowest BCUT2D eigenvalue weighted by Gasteiger charge is -2.06. The summed E-state index contributed by atoms with van der Waals surface area (Å²) in [6.07, 6.45) is 1.67. The van der Waals surface area contributed by atoms with Crippen LogP contribution in [0.25, 0.3) is 6.08 Å². The van der Waals surface area contributed by atoms with Crippen LogP contribution in [0, 0.1) is 0 Å². The van der Waals surface area contributed by atoms with E-state index < -0.39 is 5.97 Å². The van der Waals surface area contributed by atoms with Gasteiger partial charge in [0.1, 0.15) is 11.5 Å². The van der Waals surface area contributed by atoms with Crippen LogP contribution in [0.2, 0.25) is 0 Å². The fourth-order valence-corrected chi connectivity index (χ4v) is 3.39. The number of ketones is 1. The third-order valence-corrected chi connectivity index (χ3v) is 5.16. The second kappa shape index (κ2) is 7.35. The van der Waals surface area contributed by atoms with Crippen LogP contribution in [0.15, 0.2) is 70.9 Å². The Bertz CT molecular complexity index is 1210. The molecule has 3 aromatic rings. The molecule has 0 radical (unpaired) electrons. The number of halogens is 1. The molecular formula is C23H13BrO6. The van der Waals surface area contributed by atoms with Gasteiger partial charge in [0, 0.05) is 10.5 Å². The monoisotopic (exact) mass is 464 g/mol. The lowest BCUT2D eigenvalue weighted by molar-refractivity contribution is 0.0734. The maximum atomic E-state index is 12.6. The predicted octanol–water partition coefficient (Wildman–Crippen LogP) is 5.01. The number of ether oxygens (including phenoxy) is 4. The first kappa shape index (κ1) is 18.4. The van der Waals surface area contributed by atoms with Crippen molar-refractivity contribution >= 4 is 33.8 Å². The Labute approximate surface area is 179 Å². The summed E-state index contributed by atoms with van der Waals surface area (Å²) in [6.45, 7) is 0.125. The van der Waals surface area contributed by atoms with Gasteiger partial charge in [-0.3, -0.25) is 4.79 Å². The number of Topliss-reactive ketones (excluding diaryl/α,β-unsaturated/α-hetero) is 1. The minimum absolute atomic E-state index is 0.125. The number of carbonyl (C=O) groups is 2. The van der Waals surface area contributed by atoms with Crippen molar-refractivity contribution in [3.05, 3.63) is 87.6 Å². The highest BCUT2D eigenvalue weighted by Crippen LogP contribution is 2.36. The average Bonchev–Trinajstić information content (AvgIpc) is 3.33. The van der Waals surface area contributed by atoms with Gasteiger partial charge in [-0.05, 0) is 54.1 Å². The molecule has 148 valence electrons. The molecule has 0 N–H and O–H groups in total. The van der Waals surface area contributed by atoms with E-state index in [1.54, 1.807) is 36.4 Å². The number of benzene rings is 3. The van der Waals surface area contributed by atoms with Gasteiger partial charge in [-0.15, -0.1) is 0 Å². The van der Waals surface area contributed by atoms with E-state index in [-0.39, 0.29) is 24.1 Å². The van der Waals surface area contributed by atoms with Gasteiger partial charge in [0.25, 0.3) is 0 Å². The maximum absolute atomic E-state index is 12.6. The highest BCUT2D eigenvalue weighted by molar-refractivity contribution is 9.10. The van der Waals surface area contributed by atoms with Crippen LogP contribution in [-0.2, 0) is 0 Å². The topological polar surface area (TPSA) is 71.1 Å². The molecule has 0 spiro atoms. The smallest absolute Gasteiger partial charge is 0.343 e. The van der Waals surface area contributed by atoms with Crippen molar-refractivity contribution in [3.8, 4) is 23.0 Å². The molecule has 0 unspecified atom stereocenters. The van der Waals surface area contributed by atoms with Gasteiger partial charge in [-0.2, -0.15) is 0 Å². The quantitative estimate of drug-likeness (QED) is 0.308. The van der Waals surface area contributed by atoms with Crippen molar-refractivity contribution in [1.29, 1.82) is 0 Å². The zero-order chi connectivity index (χ0) is 20.7. The summed E-state index contributed by atoms with van der Waals surface area (Å²) in [5.74, 6) is 1.14. The van der Waals surface area contributed by atoms with Crippen LogP contribution >= 0.6 is 15.9 Å². The van der Waals surface area contributed by atoms with E-state index in [0.29, 0.717) is 28.4 Å². The third kappa shape index (κ3) is 3.44. The molecule has 7 heteroatoms. The predicted molar refractivity (Wildman–Crippen MR) is 111 cm³/mol. The molecule has 0 aliphatic carbocycles. The summed E-state index contributed by atoms with van der Waals surface area (Å²) in [5, 5.41) is 0. The molecule has 0 saturated carbocycles. The van der Waals surface area contributed by atoms with Crippen molar-refractivity contribution in [2.45, 2.75) is 0 Å². The summed E-state index contributed by atoms with van der Waals surface area (Å²) < 4.78 is 22.6. The first-order valence-corrected chi connectivity index (χ1v) is 9.82. The Morgan fingerprint density at radius 2 is 1.73 bits per heavy atom. The first-order valence-electron chi connectivity index (χ1n) is 9.02. The Morgan fingerprint density at radius 3 is 2.57 bits per heavy atom. The van der Waals surface area contributed by atoms with Crippen LogP contribution in [0.4, 0.5) is 0 Å². The number of allylic oxidation sites excluding steroid dienone is 1. The SMILES string of the molecule is O=C(Oc1ccc2c(c1)O/C(=C\c1ccc(Br)cc1)C2=O)c1ccc2c(c1)OCO2. The maximum Gasteiger partial charge on any atom is 0.343 e. The molecule has 30 heavy (non-hydrogen) atoms. The van der Waals surface area contributed by atoms with Crippen molar-refractivity contribution < 1.29 is 28.5 Å². The Hall–Kier alpha value is -3.58. The average molecular weight is 465 g/mol. The summed E-state index contributed by atoms with van der Waals surface area (Å²) in [6, 6.07) is 17.0. The highest BCUT2D eigenvalue weighted by atomic mass is 79.9. The third-order valence-electron chi connectivity index (χ3n) is 4.63. The molecule has 0 saturated heterocycles. The largest absolute Gasteiger partial charge is 0.454 e. The second-order valence-electron chi connectivity index (χ2n) is 6.61. The van der Waals surface area contributed by atoms with Crippen molar-refractivity contribution in [1.82, 2.24) is 0 Å². The van der Waals surface area contributed by atoms with Crippen molar-refractivity contribution in [2.24, 2.45) is 0 Å². The van der Waals surface area contributed by atoms with E-state index in [4.69, 9.17) is 18.9 Å². The molecule has 0 fully saturated rings. The fraction of sp³-hybridized carbons (Fsp3) is 0.0435. The van der Waals surface area contributed by atoms with Gasteiger partial charge in [0.15, 0.2) is 17.3 Å². The zero-order valence-electron chi connectivity index (χ0n) is 15.4. The normalized spacial score (nSPS) is 15.1. The molecule has 5 rings (SSSR count). The summed E-state index contributed by atoms with van der Waals surface area (Å²) >= 11 is 3.38. The number of fused-ring (bicyclic) bond motifs is 2. The van der Waals surface area contributed by atoms with E-state index in [9.17, 15) is 9.59 Å². The molecule has 3 aromatic carbocycles. The van der Waals surface area contributed by atoms with E-state index in [2.05, 4.69) is 15.9 Å². The van der Waals surface area contributed by atoms with Gasteiger partial charge in [-0.25, -0.2) is 4.79 Å². The van der Waals surface area contributed by atoms with Crippen LogP contribution < -0.4 is 18.9 Å². The number of hydrogen-bond donors (Lipinski definition) is 0. The molecular weight excluding hydrogens is 452 g/mol. The number of rotatable bonds is 3. The van der Waals surface area contributed by atoms with Gasteiger partial charge in [-0.1, -0.05) is 28.1 Å². The molecule has 0 aromatic heterocycles. The Balaban J connectivity index is 1.35. The summed E-state index contributed by atoms with van der Waals surface area (Å²) in [4.78, 5) is 25.1. The van der Waals surface area contributed by atoms with Gasteiger partial charge in [0.05, 0.1) is 11.1 Å². The number of carbonyl (C=O) groups excluding carboxylic acids is 2. The van der Waals surface area contributed by atoms with Crippen molar-refractivity contribution in [2.75, 3.05) is 6.79 Å². The van der Waals surface area contributed by atoms with E-state index >= 15 is 0 Å². The fourth-order valence-electron chi connectivity index (χ4n) is 3.13. The minimum Gasteiger partial charge on any atom is -0.454 e. The molecule has 0 atom stereocenters. The van der Waals surface area contributed by atoms with E-state index in [0.717, 1.165) is 10.0 Å². The van der Waals surface area contributed by atoms with Crippen LogP contribution in [-0.4, -0.2) is 18.5 Å². The minimum atomic E-state index is -0.553. The molecule has 2 aliphatic rings. The Kier molecular flexibility index (Phi) is 4.52. The number of hydrogen-bond acceptors (Lipinski definition) is 6. The molecule has 2 heterocycles. The van der Waals surface area contributed by atoms with E-state index in [1.807, 2.05) is 24.3 Å². The van der Waals surface area contributed by atoms with Gasteiger partial charge < -0.3 is 18.9 Å². The second-order valence-corrected chi connectivity index (χ2v) is 7.52. The molecule has 0 bridgehead atoms. The molecule has 2 aliphatic heterocycles.